The molecule has 0 saturated heterocycles. The monoisotopic (exact) mass is 262 g/mol. The van der Waals surface area contributed by atoms with Gasteiger partial charge in [-0.25, -0.2) is 0 Å². The maximum absolute atomic E-state index is 11.1. The van der Waals surface area contributed by atoms with Crippen LogP contribution in [0.4, 0.5) is 0 Å². The number of aliphatic hydroxyl groups is 1. The van der Waals surface area contributed by atoms with Crippen LogP contribution in [0.25, 0.3) is 0 Å². The molecule has 1 aliphatic rings. The number of aliphatic carboxylic acids is 1. The molecule has 1 aromatic rings. The van der Waals surface area contributed by atoms with Crippen molar-refractivity contribution in [3.63, 3.8) is 0 Å². The summed E-state index contributed by atoms with van der Waals surface area (Å²) in [5.74, 6) is -0.748. The second-order valence-corrected chi connectivity index (χ2v) is 5.76. The summed E-state index contributed by atoms with van der Waals surface area (Å²) in [6.07, 6.45) is 5.36. The van der Waals surface area contributed by atoms with Crippen LogP contribution in [-0.2, 0) is 4.79 Å². The fraction of sp³-hybridized carbons (Fsp3) is 0.562. The lowest BCUT2D eigenvalue weighted by Crippen LogP contribution is -2.29. The van der Waals surface area contributed by atoms with Crippen molar-refractivity contribution in [1.82, 2.24) is 0 Å². The van der Waals surface area contributed by atoms with Crippen LogP contribution in [0.5, 0.6) is 0 Å². The SMILES string of the molecule is O=C(O)CC1(CC(O)c2ccccc2)CCCCC1. The van der Waals surface area contributed by atoms with E-state index in [4.69, 9.17) is 5.11 Å². The van der Waals surface area contributed by atoms with Gasteiger partial charge in [0.2, 0.25) is 0 Å². The summed E-state index contributed by atoms with van der Waals surface area (Å²) in [5, 5.41) is 19.5. The minimum Gasteiger partial charge on any atom is -0.481 e. The second kappa shape index (κ2) is 6.20. The largest absolute Gasteiger partial charge is 0.481 e. The highest BCUT2D eigenvalue weighted by Crippen LogP contribution is 2.45. The molecular weight excluding hydrogens is 240 g/mol. The summed E-state index contributed by atoms with van der Waals surface area (Å²) >= 11 is 0. The van der Waals surface area contributed by atoms with Crippen LogP contribution in [0, 0.1) is 5.41 Å². The molecule has 3 nitrogen and oxygen atoms in total. The molecule has 1 atom stereocenters. The molecule has 0 aliphatic heterocycles. The van der Waals surface area contributed by atoms with Gasteiger partial charge in [-0.05, 0) is 30.2 Å². The van der Waals surface area contributed by atoms with Gasteiger partial charge in [-0.15, -0.1) is 0 Å². The number of aliphatic hydroxyl groups excluding tert-OH is 1. The lowest BCUT2D eigenvalue weighted by atomic mass is 9.68. The van der Waals surface area contributed by atoms with Crippen molar-refractivity contribution in [2.45, 2.75) is 51.0 Å². The zero-order valence-corrected chi connectivity index (χ0v) is 11.2. The Kier molecular flexibility index (Phi) is 4.59. The van der Waals surface area contributed by atoms with Gasteiger partial charge in [0.05, 0.1) is 12.5 Å². The van der Waals surface area contributed by atoms with Gasteiger partial charge in [-0.3, -0.25) is 4.79 Å². The lowest BCUT2D eigenvalue weighted by Gasteiger charge is -2.37. The third kappa shape index (κ3) is 3.80. The van der Waals surface area contributed by atoms with E-state index in [9.17, 15) is 9.90 Å². The number of rotatable bonds is 5. The second-order valence-electron chi connectivity index (χ2n) is 5.76. The summed E-state index contributed by atoms with van der Waals surface area (Å²) in [6.45, 7) is 0. The topological polar surface area (TPSA) is 57.5 Å². The fourth-order valence-corrected chi connectivity index (χ4v) is 3.28. The molecule has 1 aromatic carbocycles. The lowest BCUT2D eigenvalue weighted by molar-refractivity contribution is -0.141. The highest BCUT2D eigenvalue weighted by molar-refractivity contribution is 5.67. The summed E-state index contributed by atoms with van der Waals surface area (Å²) in [6, 6.07) is 9.54. The smallest absolute Gasteiger partial charge is 0.303 e. The first-order valence-electron chi connectivity index (χ1n) is 7.06. The van der Waals surface area contributed by atoms with Gasteiger partial charge in [-0.2, -0.15) is 0 Å². The van der Waals surface area contributed by atoms with Gasteiger partial charge < -0.3 is 10.2 Å². The summed E-state index contributed by atoms with van der Waals surface area (Å²) in [7, 11) is 0. The molecule has 1 saturated carbocycles. The molecule has 0 bridgehead atoms. The molecular formula is C16H22O3. The van der Waals surface area contributed by atoms with Gasteiger partial charge in [0, 0.05) is 0 Å². The molecule has 0 spiro atoms. The predicted molar refractivity (Wildman–Crippen MR) is 73.8 cm³/mol. The number of benzene rings is 1. The van der Waals surface area contributed by atoms with E-state index in [1.165, 1.54) is 6.42 Å². The van der Waals surface area contributed by atoms with Crippen molar-refractivity contribution < 1.29 is 15.0 Å². The normalized spacial score (nSPS) is 19.8. The maximum atomic E-state index is 11.1. The highest BCUT2D eigenvalue weighted by atomic mass is 16.4. The molecule has 0 aromatic heterocycles. The van der Waals surface area contributed by atoms with Gasteiger partial charge in [0.25, 0.3) is 0 Å². The minimum atomic E-state index is -0.748. The zero-order chi connectivity index (χ0) is 13.7. The summed E-state index contributed by atoms with van der Waals surface area (Å²) < 4.78 is 0. The van der Waals surface area contributed by atoms with E-state index in [1.807, 2.05) is 30.3 Å². The summed E-state index contributed by atoms with van der Waals surface area (Å²) in [4.78, 5) is 11.1. The quantitative estimate of drug-likeness (QED) is 0.853. The molecule has 3 heteroatoms. The molecule has 1 unspecified atom stereocenters. The van der Waals surface area contributed by atoms with Crippen LogP contribution in [0.3, 0.4) is 0 Å². The van der Waals surface area contributed by atoms with Crippen LogP contribution in [-0.4, -0.2) is 16.2 Å². The van der Waals surface area contributed by atoms with E-state index < -0.39 is 12.1 Å². The van der Waals surface area contributed by atoms with Gasteiger partial charge in [0.15, 0.2) is 0 Å². The third-order valence-electron chi connectivity index (χ3n) is 4.25. The Morgan fingerprint density at radius 1 is 1.16 bits per heavy atom. The van der Waals surface area contributed by atoms with E-state index >= 15 is 0 Å². The molecule has 104 valence electrons. The first-order chi connectivity index (χ1) is 9.11. The standard InChI is InChI=1S/C16H22O3/c17-14(13-7-3-1-4-8-13)11-16(12-15(18)19)9-5-2-6-10-16/h1,3-4,7-8,14,17H,2,5-6,9-12H2,(H,18,19). The fourth-order valence-electron chi connectivity index (χ4n) is 3.28. The molecule has 2 N–H and O–H groups in total. The van der Waals surface area contributed by atoms with Crippen molar-refractivity contribution in [2.75, 3.05) is 0 Å². The maximum Gasteiger partial charge on any atom is 0.303 e. The van der Waals surface area contributed by atoms with E-state index in [0.29, 0.717) is 6.42 Å². The highest BCUT2D eigenvalue weighted by Gasteiger charge is 2.36. The van der Waals surface area contributed by atoms with Crippen LogP contribution in [0.1, 0.15) is 56.6 Å². The van der Waals surface area contributed by atoms with Crippen molar-refractivity contribution in [3.05, 3.63) is 35.9 Å². The number of carboxylic acid groups (broad SMARTS) is 1. The van der Waals surface area contributed by atoms with E-state index in [-0.39, 0.29) is 11.8 Å². The van der Waals surface area contributed by atoms with Gasteiger partial charge in [-0.1, -0.05) is 49.6 Å². The molecule has 0 radical (unpaired) electrons. The summed E-state index contributed by atoms with van der Waals surface area (Å²) in [5.41, 5.74) is 0.664. The Balaban J connectivity index is 2.09. The van der Waals surface area contributed by atoms with Crippen molar-refractivity contribution in [3.8, 4) is 0 Å². The Morgan fingerprint density at radius 3 is 2.37 bits per heavy atom. The average molecular weight is 262 g/mol. The Hall–Kier alpha value is -1.35. The molecule has 0 amide bonds. The van der Waals surface area contributed by atoms with Crippen molar-refractivity contribution in [1.29, 1.82) is 0 Å². The molecule has 2 rings (SSSR count). The van der Waals surface area contributed by atoms with Crippen LogP contribution >= 0.6 is 0 Å². The first kappa shape index (κ1) is 14.1. The van der Waals surface area contributed by atoms with Gasteiger partial charge >= 0.3 is 5.97 Å². The third-order valence-corrected chi connectivity index (χ3v) is 4.25. The molecule has 19 heavy (non-hydrogen) atoms. The zero-order valence-electron chi connectivity index (χ0n) is 11.2. The number of carbonyl (C=O) groups is 1. The van der Waals surface area contributed by atoms with E-state index in [1.54, 1.807) is 0 Å². The Labute approximate surface area is 114 Å². The van der Waals surface area contributed by atoms with Crippen molar-refractivity contribution in [2.24, 2.45) is 5.41 Å². The van der Waals surface area contributed by atoms with Crippen molar-refractivity contribution >= 4 is 5.97 Å². The number of hydrogen-bond donors (Lipinski definition) is 2. The predicted octanol–water partition coefficient (Wildman–Crippen LogP) is 3.54. The number of carboxylic acids is 1. The van der Waals surface area contributed by atoms with Crippen LogP contribution in [0.2, 0.25) is 0 Å². The Bertz CT molecular complexity index is 407. The average Bonchev–Trinajstić information content (AvgIpc) is 2.39. The minimum absolute atomic E-state index is 0.177. The molecule has 0 heterocycles. The Morgan fingerprint density at radius 2 is 1.79 bits per heavy atom. The van der Waals surface area contributed by atoms with Gasteiger partial charge in [0.1, 0.15) is 0 Å². The number of hydrogen-bond acceptors (Lipinski definition) is 2. The first-order valence-corrected chi connectivity index (χ1v) is 7.06. The van der Waals surface area contributed by atoms with Crippen LogP contribution < -0.4 is 0 Å². The molecule has 1 fully saturated rings. The van der Waals surface area contributed by atoms with Crippen LogP contribution in [0.15, 0.2) is 30.3 Å². The van der Waals surface area contributed by atoms with E-state index in [0.717, 1.165) is 31.2 Å². The molecule has 1 aliphatic carbocycles. The van der Waals surface area contributed by atoms with E-state index in [2.05, 4.69) is 0 Å².